The summed E-state index contributed by atoms with van der Waals surface area (Å²) in [7, 11) is 0. The summed E-state index contributed by atoms with van der Waals surface area (Å²) in [5.41, 5.74) is 0.673. The van der Waals surface area contributed by atoms with Gasteiger partial charge in [-0.05, 0) is 49.9 Å². The molecular weight excluding hydrogens is 260 g/mol. The summed E-state index contributed by atoms with van der Waals surface area (Å²) in [6, 6.07) is 9.56. The van der Waals surface area contributed by atoms with Gasteiger partial charge in [0.05, 0.1) is 11.6 Å². The van der Waals surface area contributed by atoms with E-state index in [-0.39, 0.29) is 6.23 Å². The Morgan fingerprint density at radius 3 is 2.14 bits per heavy atom. The number of benzene rings is 1. The maximum atomic E-state index is 8.86. The molecule has 21 heavy (non-hydrogen) atoms. The molecule has 1 rings (SSSR count). The van der Waals surface area contributed by atoms with E-state index in [0.717, 1.165) is 38.1 Å². The molecule has 0 saturated carbocycles. The van der Waals surface area contributed by atoms with E-state index < -0.39 is 0 Å². The van der Waals surface area contributed by atoms with Crippen LogP contribution in [0.4, 0.5) is 0 Å². The molecule has 0 heterocycles. The van der Waals surface area contributed by atoms with Crippen molar-refractivity contribution in [2.24, 2.45) is 0 Å². The molecule has 0 aliphatic heterocycles. The number of rotatable bonds is 10. The molecule has 0 fully saturated rings. The number of nitrogens with zero attached hydrogens (tertiary/aromatic N) is 2. The van der Waals surface area contributed by atoms with Crippen LogP contribution in [0.1, 0.15) is 58.4 Å². The minimum absolute atomic E-state index is 0.137. The van der Waals surface area contributed by atoms with Crippen molar-refractivity contribution in [3.8, 4) is 11.8 Å². The van der Waals surface area contributed by atoms with Gasteiger partial charge in [0, 0.05) is 13.1 Å². The molecule has 0 radical (unpaired) electrons. The molecule has 0 aliphatic carbocycles. The Labute approximate surface area is 129 Å². The molecule has 1 aromatic rings. The van der Waals surface area contributed by atoms with Crippen LogP contribution in [0.5, 0.6) is 5.75 Å². The van der Waals surface area contributed by atoms with Crippen LogP contribution in [0.15, 0.2) is 24.3 Å². The number of nitriles is 1. The average Bonchev–Trinajstić information content (AvgIpc) is 2.52. The van der Waals surface area contributed by atoms with Gasteiger partial charge in [-0.15, -0.1) is 0 Å². The van der Waals surface area contributed by atoms with Crippen molar-refractivity contribution in [3.05, 3.63) is 29.8 Å². The molecule has 0 aliphatic rings. The predicted molar refractivity (Wildman–Crippen MR) is 87.3 cm³/mol. The van der Waals surface area contributed by atoms with Crippen LogP contribution in [0, 0.1) is 11.3 Å². The van der Waals surface area contributed by atoms with Crippen molar-refractivity contribution in [1.82, 2.24) is 4.90 Å². The minimum atomic E-state index is 0.137. The molecule has 3 nitrogen and oxygen atoms in total. The lowest BCUT2D eigenvalue weighted by molar-refractivity contribution is 0.0169. The first-order valence-electron chi connectivity index (χ1n) is 8.16. The molecular formula is C18H28N2O. The van der Waals surface area contributed by atoms with Gasteiger partial charge in [-0.25, -0.2) is 0 Å². The standard InChI is InChI=1S/C18H28N2O/c1-4-7-8-18(20(13-5-2)14-6-3)21-17-11-9-16(15-19)10-12-17/h9-12,18H,4-8,13-14H2,1-3H3. The monoisotopic (exact) mass is 288 g/mol. The largest absolute Gasteiger partial charge is 0.475 e. The highest BCUT2D eigenvalue weighted by molar-refractivity contribution is 5.34. The van der Waals surface area contributed by atoms with E-state index in [1.165, 1.54) is 12.8 Å². The zero-order valence-corrected chi connectivity index (χ0v) is 13.6. The van der Waals surface area contributed by atoms with Crippen molar-refractivity contribution in [2.45, 2.75) is 59.1 Å². The first-order valence-corrected chi connectivity index (χ1v) is 8.16. The van der Waals surface area contributed by atoms with E-state index in [2.05, 4.69) is 31.7 Å². The molecule has 0 aromatic heterocycles. The third-order valence-electron chi connectivity index (χ3n) is 3.49. The Balaban J connectivity index is 2.76. The van der Waals surface area contributed by atoms with Crippen molar-refractivity contribution >= 4 is 0 Å². The van der Waals surface area contributed by atoms with E-state index in [1.54, 1.807) is 0 Å². The molecule has 0 spiro atoms. The Kier molecular flexibility index (Phi) is 8.54. The normalized spacial score (nSPS) is 12.1. The molecule has 1 unspecified atom stereocenters. The zero-order valence-electron chi connectivity index (χ0n) is 13.6. The maximum absolute atomic E-state index is 8.86. The van der Waals surface area contributed by atoms with E-state index in [0.29, 0.717) is 5.56 Å². The van der Waals surface area contributed by atoms with Crippen LogP contribution in [0.2, 0.25) is 0 Å². The number of hydrogen-bond acceptors (Lipinski definition) is 3. The van der Waals surface area contributed by atoms with Gasteiger partial charge in [0.25, 0.3) is 0 Å². The van der Waals surface area contributed by atoms with Gasteiger partial charge in [-0.1, -0.05) is 27.2 Å². The van der Waals surface area contributed by atoms with Crippen LogP contribution in [0.3, 0.4) is 0 Å². The van der Waals surface area contributed by atoms with Gasteiger partial charge in [-0.3, -0.25) is 4.90 Å². The summed E-state index contributed by atoms with van der Waals surface area (Å²) in [4.78, 5) is 2.44. The van der Waals surface area contributed by atoms with Gasteiger partial charge in [0.2, 0.25) is 0 Å². The molecule has 0 saturated heterocycles. The van der Waals surface area contributed by atoms with Crippen LogP contribution in [-0.2, 0) is 0 Å². The van der Waals surface area contributed by atoms with E-state index in [9.17, 15) is 0 Å². The predicted octanol–water partition coefficient (Wildman–Crippen LogP) is 4.58. The third kappa shape index (κ3) is 6.18. The Bertz CT molecular complexity index is 416. The summed E-state index contributed by atoms with van der Waals surface area (Å²) < 4.78 is 6.20. The summed E-state index contributed by atoms with van der Waals surface area (Å²) >= 11 is 0. The minimum Gasteiger partial charge on any atom is -0.475 e. The second kappa shape index (κ2) is 10.2. The highest BCUT2D eigenvalue weighted by Gasteiger charge is 2.18. The highest BCUT2D eigenvalue weighted by Crippen LogP contribution is 2.19. The first kappa shape index (κ1) is 17.5. The van der Waals surface area contributed by atoms with Crippen molar-refractivity contribution in [1.29, 1.82) is 5.26 Å². The fourth-order valence-corrected chi connectivity index (χ4v) is 2.43. The fraction of sp³-hybridized carbons (Fsp3) is 0.611. The quantitative estimate of drug-likeness (QED) is 0.591. The lowest BCUT2D eigenvalue weighted by atomic mass is 10.2. The summed E-state index contributed by atoms with van der Waals surface area (Å²) in [5.74, 6) is 0.854. The Morgan fingerprint density at radius 2 is 1.67 bits per heavy atom. The molecule has 3 heteroatoms. The van der Waals surface area contributed by atoms with E-state index >= 15 is 0 Å². The lowest BCUT2D eigenvalue weighted by Crippen LogP contribution is -2.40. The average molecular weight is 288 g/mol. The van der Waals surface area contributed by atoms with Crippen molar-refractivity contribution in [2.75, 3.05) is 13.1 Å². The van der Waals surface area contributed by atoms with Gasteiger partial charge in [0.15, 0.2) is 6.23 Å². The fourth-order valence-electron chi connectivity index (χ4n) is 2.43. The lowest BCUT2D eigenvalue weighted by Gasteiger charge is -2.31. The zero-order chi connectivity index (χ0) is 15.5. The smallest absolute Gasteiger partial charge is 0.152 e. The number of unbranched alkanes of at least 4 members (excludes halogenated alkanes) is 1. The van der Waals surface area contributed by atoms with Gasteiger partial charge >= 0.3 is 0 Å². The molecule has 1 aromatic carbocycles. The van der Waals surface area contributed by atoms with Crippen molar-refractivity contribution in [3.63, 3.8) is 0 Å². The Hall–Kier alpha value is -1.53. The topological polar surface area (TPSA) is 36.3 Å². The summed E-state index contributed by atoms with van der Waals surface area (Å²) in [6.07, 6.45) is 5.82. The summed E-state index contributed by atoms with van der Waals surface area (Å²) in [5, 5.41) is 8.86. The van der Waals surface area contributed by atoms with Crippen LogP contribution >= 0.6 is 0 Å². The van der Waals surface area contributed by atoms with E-state index in [1.807, 2.05) is 24.3 Å². The second-order valence-corrected chi connectivity index (χ2v) is 5.39. The Morgan fingerprint density at radius 1 is 1.05 bits per heavy atom. The van der Waals surface area contributed by atoms with Crippen molar-refractivity contribution < 1.29 is 4.74 Å². The molecule has 0 amide bonds. The van der Waals surface area contributed by atoms with Crippen LogP contribution < -0.4 is 4.74 Å². The van der Waals surface area contributed by atoms with Crippen LogP contribution in [0.25, 0.3) is 0 Å². The molecule has 0 N–H and O–H groups in total. The van der Waals surface area contributed by atoms with Gasteiger partial charge < -0.3 is 4.74 Å². The third-order valence-corrected chi connectivity index (χ3v) is 3.49. The van der Waals surface area contributed by atoms with Gasteiger partial charge in [0.1, 0.15) is 5.75 Å². The highest BCUT2D eigenvalue weighted by atomic mass is 16.5. The molecule has 116 valence electrons. The van der Waals surface area contributed by atoms with Crippen LogP contribution in [-0.4, -0.2) is 24.2 Å². The van der Waals surface area contributed by atoms with E-state index in [4.69, 9.17) is 10.00 Å². The molecule has 1 atom stereocenters. The molecule has 0 bridgehead atoms. The maximum Gasteiger partial charge on any atom is 0.152 e. The summed E-state index contributed by atoms with van der Waals surface area (Å²) in [6.45, 7) is 8.77. The second-order valence-electron chi connectivity index (χ2n) is 5.39. The number of ether oxygens (including phenoxy) is 1. The first-order chi connectivity index (χ1) is 10.2. The SMILES string of the molecule is CCCCC(Oc1ccc(C#N)cc1)N(CCC)CCC. The number of hydrogen-bond donors (Lipinski definition) is 0. The van der Waals surface area contributed by atoms with Gasteiger partial charge in [-0.2, -0.15) is 5.26 Å².